The van der Waals surface area contributed by atoms with Crippen molar-refractivity contribution in [1.29, 1.82) is 0 Å². The van der Waals surface area contributed by atoms with Crippen molar-refractivity contribution in [2.75, 3.05) is 0 Å². The van der Waals surface area contributed by atoms with E-state index in [0.29, 0.717) is 5.92 Å². The van der Waals surface area contributed by atoms with Crippen LogP contribution < -0.4 is 4.57 Å². The maximum atomic E-state index is 5.44. The molecular weight excluding hydrogens is 1140 g/mol. The second-order valence-electron chi connectivity index (χ2n) is 25.8. The monoisotopic (exact) mass is 1210 g/mol. The van der Waals surface area contributed by atoms with Gasteiger partial charge in [0.25, 0.3) is 0 Å². The Morgan fingerprint density at radius 1 is 0.443 bits per heavy atom. The molecule has 0 saturated heterocycles. The molecule has 3 aliphatic carbocycles. The molecule has 0 radical (unpaired) electrons. The minimum atomic E-state index is -0.858. The predicted octanol–water partition coefficient (Wildman–Crippen LogP) is 16.7. The molecule has 2 aromatic heterocycles. The van der Waals surface area contributed by atoms with E-state index in [0.717, 1.165) is 27.9 Å². The summed E-state index contributed by atoms with van der Waals surface area (Å²) in [5.74, 6) is 0.309. The Balaban J connectivity index is 0.00000623. The third kappa shape index (κ3) is 7.62. The molecule has 3 nitrogen and oxygen atoms in total. The number of hydrogen-bond acceptors (Lipinski definition) is 1. The molecule has 0 amide bonds. The van der Waals surface area contributed by atoms with Crippen molar-refractivity contribution in [3.05, 3.63) is 297 Å². The van der Waals surface area contributed by atoms with Crippen LogP contribution in [0.1, 0.15) is 166 Å². The van der Waals surface area contributed by atoms with Crippen molar-refractivity contribution in [1.82, 2.24) is 9.55 Å². The van der Waals surface area contributed by atoms with E-state index in [9.17, 15) is 0 Å². The maximum Gasteiger partial charge on any atom is 0.204 e. The molecule has 0 spiro atoms. The van der Waals surface area contributed by atoms with Gasteiger partial charge in [-0.1, -0.05) is 204 Å². The summed E-state index contributed by atoms with van der Waals surface area (Å²) < 4.78 is 4.34. The molecular formula is C75H69N3Pt-2. The van der Waals surface area contributed by atoms with Gasteiger partial charge in [0.2, 0.25) is 6.33 Å². The minimum absolute atomic E-state index is 0. The number of aryl methyl sites for hydroxylation is 1. The first kappa shape index (κ1) is 52.5. The molecule has 0 N–H and O–H groups in total. The van der Waals surface area contributed by atoms with Gasteiger partial charge in [-0.15, -0.1) is 22.3 Å². The number of imidazole rings is 1. The average Bonchev–Trinajstić information content (AvgIpc) is 3.30. The van der Waals surface area contributed by atoms with E-state index >= 15 is 0 Å². The summed E-state index contributed by atoms with van der Waals surface area (Å²) in [5.41, 5.74) is 22.6. The van der Waals surface area contributed by atoms with Crippen molar-refractivity contribution in [2.24, 2.45) is 7.05 Å². The molecule has 13 rings (SSSR count). The van der Waals surface area contributed by atoms with E-state index in [-0.39, 0.29) is 37.3 Å². The molecule has 0 aliphatic heterocycles. The summed E-state index contributed by atoms with van der Waals surface area (Å²) in [4.78, 5) is 5.44. The summed E-state index contributed by atoms with van der Waals surface area (Å²) in [7, 11) is 2.07. The van der Waals surface area contributed by atoms with Gasteiger partial charge >= 0.3 is 0 Å². The Morgan fingerprint density at radius 3 is 1.35 bits per heavy atom. The van der Waals surface area contributed by atoms with E-state index in [1.807, 2.05) is 10.8 Å². The van der Waals surface area contributed by atoms with Crippen molar-refractivity contribution >= 4 is 0 Å². The Kier molecular flexibility index (Phi) is 12.3. The summed E-state index contributed by atoms with van der Waals surface area (Å²) in [5, 5.41) is 0. The standard InChI is InChI=1S/C75H69N3.Pt/c1-48(2)49-37-38-76-69(41-49)74(64-29-17-14-26-58(64)61-45-51(71(6,7)8)32-35-66(61)74)55-23-19-21-53(42-55)73(63-28-16-13-25-57(63)60-44-50(70(3,4)5)31-34-65(60)73)54-22-20-24-56(43-54)75(78-40-39-77(12)47-78)67-30-18-15-27-59(67)62-46-52(72(9,10)11)33-36-68(62)75;/h13-41,44-46,48H,1-12H3;/q-2;. The zero-order chi connectivity index (χ0) is 54.3. The van der Waals surface area contributed by atoms with Crippen LogP contribution in [0.2, 0.25) is 0 Å². The number of nitrogens with zero attached hydrogens (tertiary/aromatic N) is 3. The molecule has 4 heteroatoms. The quantitative estimate of drug-likeness (QED) is 0.115. The topological polar surface area (TPSA) is 21.7 Å². The summed E-state index contributed by atoms with van der Waals surface area (Å²) in [6.07, 6.45) is 10.1. The van der Waals surface area contributed by atoms with Gasteiger partial charge in [-0.2, -0.15) is 48.5 Å². The van der Waals surface area contributed by atoms with Crippen molar-refractivity contribution in [3.8, 4) is 33.4 Å². The molecule has 0 bridgehead atoms. The van der Waals surface area contributed by atoms with Crippen LogP contribution in [0, 0.1) is 18.5 Å². The Labute approximate surface area is 483 Å². The van der Waals surface area contributed by atoms with Gasteiger partial charge in [0.1, 0.15) is 5.54 Å². The molecule has 3 atom stereocenters. The SMILES string of the molecule is CC(C)c1ccnc(C2(c3[c-]c(C4(c5[c-]c(C6(n7[c-][n+](C)cc7)c7ccccc7-c7cc(C(C)(C)C)ccc76)ccc5)c5ccccc5-c5cc(C(C)(C)C)ccc54)ccc3)c3ccccc3-c3cc(C(C)(C)C)ccc32)c1.[Pt]. The van der Waals surface area contributed by atoms with E-state index in [4.69, 9.17) is 4.98 Å². The third-order valence-corrected chi connectivity index (χ3v) is 17.8. The van der Waals surface area contributed by atoms with E-state index < -0.39 is 16.4 Å². The maximum absolute atomic E-state index is 5.44. The summed E-state index contributed by atoms with van der Waals surface area (Å²) in [6, 6.07) is 76.1. The predicted molar refractivity (Wildman–Crippen MR) is 318 cm³/mol. The van der Waals surface area contributed by atoms with Crippen LogP contribution >= 0.6 is 0 Å². The fourth-order valence-electron chi connectivity index (χ4n) is 13.7. The number of aromatic nitrogens is 3. The molecule has 2 heterocycles. The van der Waals surface area contributed by atoms with Gasteiger partial charge < -0.3 is 9.13 Å². The largest absolute Gasteiger partial charge is 0.354 e. The number of benzene rings is 8. The zero-order valence-electron chi connectivity index (χ0n) is 47.7. The number of rotatable bonds is 7. The first-order valence-corrected chi connectivity index (χ1v) is 28.0. The van der Waals surface area contributed by atoms with Gasteiger partial charge in [-0.25, -0.2) is 0 Å². The zero-order valence-corrected chi connectivity index (χ0v) is 50.0. The van der Waals surface area contributed by atoms with Crippen LogP contribution in [0.5, 0.6) is 0 Å². The molecule has 79 heavy (non-hydrogen) atoms. The molecule has 3 aliphatic rings. The van der Waals surface area contributed by atoms with Crippen molar-refractivity contribution < 1.29 is 25.6 Å². The smallest absolute Gasteiger partial charge is 0.204 e. The van der Waals surface area contributed by atoms with Gasteiger partial charge in [0, 0.05) is 43.8 Å². The van der Waals surface area contributed by atoms with Crippen LogP contribution in [0.15, 0.2) is 195 Å². The van der Waals surface area contributed by atoms with E-state index in [1.54, 1.807) is 0 Å². The van der Waals surface area contributed by atoms with Gasteiger partial charge in [0.05, 0.1) is 18.2 Å². The summed E-state index contributed by atoms with van der Waals surface area (Å²) in [6.45, 7) is 25.4. The van der Waals surface area contributed by atoms with Crippen LogP contribution in [0.4, 0.5) is 0 Å². The second-order valence-corrected chi connectivity index (χ2v) is 25.8. The normalized spacial score (nSPS) is 18.8. The van der Waals surface area contributed by atoms with Crippen LogP contribution in [-0.2, 0) is 60.7 Å². The van der Waals surface area contributed by atoms with Crippen molar-refractivity contribution in [2.45, 2.75) is 115 Å². The van der Waals surface area contributed by atoms with Crippen LogP contribution in [0.3, 0.4) is 0 Å². The fourth-order valence-corrected chi connectivity index (χ4v) is 13.7. The number of fused-ring (bicyclic) bond motifs is 9. The van der Waals surface area contributed by atoms with Crippen LogP contribution in [-0.4, -0.2) is 9.55 Å². The molecule has 396 valence electrons. The molecule has 3 unspecified atom stereocenters. The van der Waals surface area contributed by atoms with Crippen molar-refractivity contribution in [3.63, 3.8) is 0 Å². The average molecular weight is 1210 g/mol. The third-order valence-electron chi connectivity index (χ3n) is 17.8. The second kappa shape index (κ2) is 18.4. The van der Waals surface area contributed by atoms with Gasteiger partial charge in [-0.3, -0.25) is 4.98 Å². The Hall–Kier alpha value is -7.19. The number of hydrogen-bond donors (Lipinski definition) is 0. The minimum Gasteiger partial charge on any atom is -0.354 e. The molecule has 10 aromatic rings. The van der Waals surface area contributed by atoms with Gasteiger partial charge in [-0.05, 0) is 125 Å². The molecule has 0 fully saturated rings. The molecule has 0 saturated carbocycles. The Bertz CT molecular complexity index is 4060. The fraction of sp³-hybridized carbons (Fsp3) is 0.253. The van der Waals surface area contributed by atoms with E-state index in [1.165, 1.54) is 89.0 Å². The van der Waals surface area contributed by atoms with Crippen LogP contribution in [0.25, 0.3) is 33.4 Å². The first-order valence-electron chi connectivity index (χ1n) is 28.0. The van der Waals surface area contributed by atoms with E-state index in [2.05, 4.69) is 295 Å². The molecule has 8 aromatic carbocycles. The Morgan fingerprint density at radius 2 is 0.848 bits per heavy atom. The summed E-state index contributed by atoms with van der Waals surface area (Å²) >= 11 is 0. The first-order chi connectivity index (χ1) is 37.3. The number of pyridine rings is 1. The van der Waals surface area contributed by atoms with Gasteiger partial charge in [0.15, 0.2) is 0 Å².